The normalized spacial score (nSPS) is 18.9. The van der Waals surface area contributed by atoms with E-state index in [1.807, 2.05) is 19.2 Å². The molecule has 1 aromatic rings. The molecule has 114 valence electrons. The summed E-state index contributed by atoms with van der Waals surface area (Å²) in [6, 6.07) is 8.82. The van der Waals surface area contributed by atoms with E-state index >= 15 is 0 Å². The molecule has 0 radical (unpaired) electrons. The summed E-state index contributed by atoms with van der Waals surface area (Å²) in [5.41, 5.74) is 2.13. The maximum atomic E-state index is 12.1. The van der Waals surface area contributed by atoms with Crippen molar-refractivity contribution in [3.63, 3.8) is 0 Å². The smallest absolute Gasteiger partial charge is 0.238 e. The molecule has 0 spiro atoms. The number of hydrogen-bond acceptors (Lipinski definition) is 3. The van der Waals surface area contributed by atoms with E-state index in [2.05, 4.69) is 27.2 Å². The molecule has 0 atom stereocenters. The van der Waals surface area contributed by atoms with Gasteiger partial charge in [-0.05, 0) is 50.9 Å². The van der Waals surface area contributed by atoms with Gasteiger partial charge in [-0.1, -0.05) is 12.5 Å². The number of nitrogens with zero attached hydrogens (tertiary/aromatic N) is 2. The molecule has 1 aliphatic carbocycles. The van der Waals surface area contributed by atoms with E-state index in [1.54, 1.807) is 0 Å². The minimum Gasteiger partial charge on any atom is -0.371 e. The van der Waals surface area contributed by atoms with Crippen LogP contribution in [-0.4, -0.2) is 43.5 Å². The Balaban J connectivity index is 1.56. The average Bonchev–Trinajstić information content (AvgIpc) is 2.90. The number of carbonyl (C=O) groups excluding carboxylic acids is 1. The van der Waals surface area contributed by atoms with Crippen molar-refractivity contribution in [3.05, 3.63) is 24.3 Å². The second-order valence-corrected chi connectivity index (χ2v) is 6.29. The molecule has 4 nitrogen and oxygen atoms in total. The number of hydrogen-bond donors (Lipinski definition) is 1. The van der Waals surface area contributed by atoms with Gasteiger partial charge in [0, 0.05) is 30.5 Å². The third-order valence-electron chi connectivity index (χ3n) is 4.69. The zero-order chi connectivity index (χ0) is 14.7. The van der Waals surface area contributed by atoms with Gasteiger partial charge in [0.25, 0.3) is 0 Å². The Morgan fingerprint density at radius 1 is 1.29 bits per heavy atom. The Morgan fingerprint density at radius 3 is 2.71 bits per heavy atom. The molecule has 1 aliphatic heterocycles. The molecular weight excluding hydrogens is 262 g/mol. The summed E-state index contributed by atoms with van der Waals surface area (Å²) in [6.45, 7) is 2.74. The van der Waals surface area contributed by atoms with Crippen LogP contribution in [0.15, 0.2) is 24.3 Å². The largest absolute Gasteiger partial charge is 0.371 e. The molecule has 21 heavy (non-hydrogen) atoms. The maximum absolute atomic E-state index is 12.1. The number of amides is 1. The lowest BCUT2D eigenvalue weighted by molar-refractivity contribution is -0.117. The third kappa shape index (κ3) is 3.56. The van der Waals surface area contributed by atoms with Gasteiger partial charge in [0.1, 0.15) is 0 Å². The summed E-state index contributed by atoms with van der Waals surface area (Å²) < 4.78 is 0. The highest BCUT2D eigenvalue weighted by Gasteiger charge is 2.23. The van der Waals surface area contributed by atoms with Crippen molar-refractivity contribution in [1.29, 1.82) is 0 Å². The molecule has 0 unspecified atom stereocenters. The molecule has 1 aromatic carbocycles. The molecule has 1 saturated heterocycles. The monoisotopic (exact) mass is 287 g/mol. The highest BCUT2D eigenvalue weighted by atomic mass is 16.2. The number of anilines is 2. The first-order chi connectivity index (χ1) is 10.2. The molecule has 2 fully saturated rings. The van der Waals surface area contributed by atoms with Crippen molar-refractivity contribution in [1.82, 2.24) is 4.90 Å². The van der Waals surface area contributed by atoms with Gasteiger partial charge in [-0.25, -0.2) is 0 Å². The fourth-order valence-corrected chi connectivity index (χ4v) is 3.14. The minimum atomic E-state index is 0.0861. The van der Waals surface area contributed by atoms with Crippen LogP contribution in [0.3, 0.4) is 0 Å². The molecule has 1 amide bonds. The lowest BCUT2D eigenvalue weighted by Gasteiger charge is -2.34. The van der Waals surface area contributed by atoms with Crippen LogP contribution < -0.4 is 10.2 Å². The summed E-state index contributed by atoms with van der Waals surface area (Å²) in [5.74, 6) is 0.0861. The second kappa shape index (κ2) is 6.48. The molecule has 2 aliphatic rings. The Morgan fingerprint density at radius 2 is 2.05 bits per heavy atom. The quantitative estimate of drug-likeness (QED) is 0.904. The first-order valence-corrected chi connectivity index (χ1v) is 8.07. The summed E-state index contributed by atoms with van der Waals surface area (Å²) in [7, 11) is 2.05. The van der Waals surface area contributed by atoms with E-state index < -0.39 is 0 Å². The second-order valence-electron chi connectivity index (χ2n) is 6.29. The Hall–Kier alpha value is -1.55. The van der Waals surface area contributed by atoms with Crippen molar-refractivity contribution in [2.45, 2.75) is 38.1 Å². The van der Waals surface area contributed by atoms with Crippen LogP contribution in [0.4, 0.5) is 11.4 Å². The van der Waals surface area contributed by atoms with E-state index in [1.165, 1.54) is 37.8 Å². The number of benzene rings is 1. The minimum absolute atomic E-state index is 0.0861. The van der Waals surface area contributed by atoms with Crippen LogP contribution >= 0.6 is 0 Å². The molecule has 0 bridgehead atoms. The predicted molar refractivity (Wildman–Crippen MR) is 86.8 cm³/mol. The van der Waals surface area contributed by atoms with Crippen LogP contribution in [0, 0.1) is 0 Å². The van der Waals surface area contributed by atoms with Crippen LogP contribution in [0.2, 0.25) is 0 Å². The van der Waals surface area contributed by atoms with Crippen LogP contribution in [0.25, 0.3) is 0 Å². The van der Waals surface area contributed by atoms with Crippen molar-refractivity contribution in [2.75, 3.05) is 36.9 Å². The van der Waals surface area contributed by atoms with Gasteiger partial charge in [0.2, 0.25) is 5.91 Å². The van der Waals surface area contributed by atoms with E-state index in [-0.39, 0.29) is 5.91 Å². The molecule has 1 saturated carbocycles. The fourth-order valence-electron chi connectivity index (χ4n) is 3.14. The lowest BCUT2D eigenvalue weighted by Crippen LogP contribution is -2.41. The zero-order valence-corrected chi connectivity index (χ0v) is 12.8. The molecule has 3 rings (SSSR count). The first-order valence-electron chi connectivity index (χ1n) is 8.07. The van der Waals surface area contributed by atoms with Gasteiger partial charge < -0.3 is 10.2 Å². The van der Waals surface area contributed by atoms with Crippen LogP contribution in [0.5, 0.6) is 0 Å². The van der Waals surface area contributed by atoms with Crippen molar-refractivity contribution < 1.29 is 4.79 Å². The summed E-state index contributed by atoms with van der Waals surface area (Å²) in [4.78, 5) is 16.7. The van der Waals surface area contributed by atoms with Gasteiger partial charge in [-0.2, -0.15) is 0 Å². The van der Waals surface area contributed by atoms with Crippen molar-refractivity contribution >= 4 is 17.3 Å². The van der Waals surface area contributed by atoms with E-state index in [0.717, 1.165) is 18.8 Å². The third-order valence-corrected chi connectivity index (χ3v) is 4.69. The summed E-state index contributed by atoms with van der Waals surface area (Å²) in [6.07, 6.45) is 6.29. The van der Waals surface area contributed by atoms with Gasteiger partial charge in [-0.3, -0.25) is 9.69 Å². The molecule has 1 N–H and O–H groups in total. The van der Waals surface area contributed by atoms with Crippen LogP contribution in [-0.2, 0) is 4.79 Å². The summed E-state index contributed by atoms with van der Waals surface area (Å²) in [5, 5.41) is 3.03. The highest BCUT2D eigenvalue weighted by Crippen LogP contribution is 2.24. The van der Waals surface area contributed by atoms with Gasteiger partial charge in [0.05, 0.1) is 6.54 Å². The number of carbonyl (C=O) groups is 1. The van der Waals surface area contributed by atoms with E-state index in [0.29, 0.717) is 12.6 Å². The van der Waals surface area contributed by atoms with Gasteiger partial charge >= 0.3 is 0 Å². The van der Waals surface area contributed by atoms with Crippen molar-refractivity contribution in [3.8, 4) is 0 Å². The topological polar surface area (TPSA) is 35.6 Å². The molecule has 1 heterocycles. The van der Waals surface area contributed by atoms with Crippen LogP contribution in [0.1, 0.15) is 32.1 Å². The van der Waals surface area contributed by atoms with Crippen molar-refractivity contribution in [2.24, 2.45) is 0 Å². The maximum Gasteiger partial charge on any atom is 0.238 e. The highest BCUT2D eigenvalue weighted by molar-refractivity contribution is 5.92. The van der Waals surface area contributed by atoms with Gasteiger partial charge in [-0.15, -0.1) is 0 Å². The lowest BCUT2D eigenvalue weighted by atomic mass is 9.92. The number of likely N-dealkylation sites (N-methyl/N-ethyl adjacent to an activating group) is 1. The number of rotatable bonds is 5. The predicted octanol–water partition coefficient (Wildman–Crippen LogP) is 2.71. The number of nitrogens with one attached hydrogen (secondary N) is 1. The zero-order valence-electron chi connectivity index (χ0n) is 12.8. The SMILES string of the molecule is CN(CC(=O)Nc1cccc(N2CCCC2)c1)C1CCC1. The molecule has 0 aromatic heterocycles. The summed E-state index contributed by atoms with van der Waals surface area (Å²) >= 11 is 0. The fraction of sp³-hybridized carbons (Fsp3) is 0.588. The standard InChI is InChI=1S/C17H25N3O/c1-19(15-7-5-8-15)13-17(21)18-14-6-4-9-16(12-14)20-10-2-3-11-20/h4,6,9,12,15H,2-3,5,7-8,10-11,13H2,1H3,(H,18,21). The average molecular weight is 287 g/mol. The van der Waals surface area contributed by atoms with E-state index in [9.17, 15) is 4.79 Å². The Kier molecular flexibility index (Phi) is 4.44. The Bertz CT molecular complexity index is 493. The first kappa shape index (κ1) is 14.4. The molecular formula is C17H25N3O. The van der Waals surface area contributed by atoms with E-state index in [4.69, 9.17) is 0 Å². The van der Waals surface area contributed by atoms with Gasteiger partial charge in [0.15, 0.2) is 0 Å². The Labute approximate surface area is 127 Å². The molecule has 4 heteroatoms.